The van der Waals surface area contributed by atoms with Crippen LogP contribution in [0, 0.1) is 0 Å². The van der Waals surface area contributed by atoms with E-state index in [0.29, 0.717) is 0 Å². The highest BCUT2D eigenvalue weighted by molar-refractivity contribution is 14.0. The Bertz CT molecular complexity index is 558. The molecule has 0 amide bonds. The van der Waals surface area contributed by atoms with Gasteiger partial charge in [0.2, 0.25) is 0 Å². The van der Waals surface area contributed by atoms with Crippen LogP contribution in [0.1, 0.15) is 32.3 Å². The first-order valence-corrected chi connectivity index (χ1v) is 10.7. The van der Waals surface area contributed by atoms with E-state index in [4.69, 9.17) is 16.6 Å². The van der Waals surface area contributed by atoms with Crippen molar-refractivity contribution >= 4 is 41.5 Å². The van der Waals surface area contributed by atoms with Crippen LogP contribution in [-0.2, 0) is 6.54 Å². The molecule has 1 aliphatic heterocycles. The number of benzene rings is 1. The monoisotopic (exact) mass is 521 g/mol. The summed E-state index contributed by atoms with van der Waals surface area (Å²) in [5.41, 5.74) is 1.23. The number of unbranched alkanes of at least 4 members (excludes halogenated alkanes) is 1. The van der Waals surface area contributed by atoms with Gasteiger partial charge in [0, 0.05) is 57.9 Å². The third kappa shape index (κ3) is 9.29. The second-order valence-corrected chi connectivity index (χ2v) is 7.64. The Morgan fingerprint density at radius 1 is 1.07 bits per heavy atom. The Morgan fingerprint density at radius 2 is 1.71 bits per heavy atom. The number of rotatable bonds is 9. The molecule has 0 unspecified atom stereocenters. The third-order valence-corrected chi connectivity index (χ3v) is 5.34. The van der Waals surface area contributed by atoms with E-state index in [2.05, 4.69) is 53.0 Å². The lowest BCUT2D eigenvalue weighted by molar-refractivity contribution is 0.136. The number of guanidine groups is 1. The van der Waals surface area contributed by atoms with Crippen LogP contribution in [-0.4, -0.2) is 80.1 Å². The summed E-state index contributed by atoms with van der Waals surface area (Å²) in [5, 5.41) is 4.18. The van der Waals surface area contributed by atoms with Gasteiger partial charge in [-0.1, -0.05) is 30.7 Å². The maximum absolute atomic E-state index is 5.97. The summed E-state index contributed by atoms with van der Waals surface area (Å²) in [6.45, 7) is 14.2. The van der Waals surface area contributed by atoms with Crippen molar-refractivity contribution in [3.63, 3.8) is 0 Å². The largest absolute Gasteiger partial charge is 0.357 e. The minimum atomic E-state index is 0. The van der Waals surface area contributed by atoms with E-state index < -0.39 is 0 Å². The third-order valence-electron chi connectivity index (χ3n) is 5.09. The lowest BCUT2D eigenvalue weighted by atomic mass is 10.2. The minimum Gasteiger partial charge on any atom is -0.357 e. The predicted molar refractivity (Wildman–Crippen MR) is 132 cm³/mol. The first-order chi connectivity index (χ1) is 13.1. The number of hydrogen-bond donors (Lipinski definition) is 1. The van der Waals surface area contributed by atoms with Crippen LogP contribution in [0.5, 0.6) is 0 Å². The SMILES string of the molecule is CCNC(=NCCCCN1CCN(CC)CC1)N(C)Cc1ccc(Cl)cc1.I. The van der Waals surface area contributed by atoms with Crippen molar-refractivity contribution < 1.29 is 0 Å². The Morgan fingerprint density at radius 3 is 2.32 bits per heavy atom. The average molecular weight is 522 g/mol. The lowest BCUT2D eigenvalue weighted by Crippen LogP contribution is -2.46. The van der Waals surface area contributed by atoms with E-state index in [1.165, 1.54) is 51.3 Å². The summed E-state index contributed by atoms with van der Waals surface area (Å²) in [6.07, 6.45) is 2.35. The molecule has 0 bridgehead atoms. The normalized spacial score (nSPS) is 15.9. The van der Waals surface area contributed by atoms with Crippen molar-refractivity contribution in [3.05, 3.63) is 34.9 Å². The van der Waals surface area contributed by atoms with Gasteiger partial charge in [-0.25, -0.2) is 0 Å². The summed E-state index contributed by atoms with van der Waals surface area (Å²) in [4.78, 5) is 12.1. The maximum atomic E-state index is 5.97. The van der Waals surface area contributed by atoms with Crippen LogP contribution in [0.25, 0.3) is 0 Å². The number of likely N-dealkylation sites (N-methyl/N-ethyl adjacent to an activating group) is 1. The summed E-state index contributed by atoms with van der Waals surface area (Å²) >= 11 is 5.97. The standard InChI is InChI=1S/C21H36ClN5.HI/c1-4-23-21(25(3)18-19-8-10-20(22)11-9-19)24-12-6-7-13-27-16-14-26(5-2)15-17-27;/h8-11H,4-7,12-18H2,1-3H3,(H,23,24);1H. The van der Waals surface area contributed by atoms with Gasteiger partial charge in [0.1, 0.15) is 0 Å². The first-order valence-electron chi connectivity index (χ1n) is 10.3. The van der Waals surface area contributed by atoms with Crippen molar-refractivity contribution in [2.45, 2.75) is 33.2 Å². The molecule has 7 heteroatoms. The smallest absolute Gasteiger partial charge is 0.193 e. The number of halogens is 2. The molecule has 1 aliphatic rings. The van der Waals surface area contributed by atoms with Crippen LogP contribution in [0.3, 0.4) is 0 Å². The molecule has 0 aliphatic carbocycles. The molecular weight excluding hydrogens is 485 g/mol. The highest BCUT2D eigenvalue weighted by Crippen LogP contribution is 2.11. The van der Waals surface area contributed by atoms with Gasteiger partial charge in [0.25, 0.3) is 0 Å². The van der Waals surface area contributed by atoms with Crippen LogP contribution < -0.4 is 5.32 Å². The number of nitrogens with zero attached hydrogens (tertiary/aromatic N) is 4. The molecule has 1 aromatic carbocycles. The molecule has 1 heterocycles. The van der Waals surface area contributed by atoms with E-state index in [1.54, 1.807) is 0 Å². The maximum Gasteiger partial charge on any atom is 0.193 e. The number of hydrogen-bond acceptors (Lipinski definition) is 3. The summed E-state index contributed by atoms with van der Waals surface area (Å²) in [7, 11) is 2.09. The Labute approximate surface area is 193 Å². The molecule has 0 radical (unpaired) electrons. The van der Waals surface area contributed by atoms with E-state index in [1.807, 2.05) is 12.1 Å². The Kier molecular flexibility index (Phi) is 13.1. The molecule has 5 nitrogen and oxygen atoms in total. The van der Waals surface area contributed by atoms with Crippen molar-refractivity contribution in [2.75, 3.05) is 59.4 Å². The van der Waals surface area contributed by atoms with Gasteiger partial charge >= 0.3 is 0 Å². The highest BCUT2D eigenvalue weighted by atomic mass is 127. The molecule has 2 rings (SSSR count). The molecule has 0 spiro atoms. The average Bonchev–Trinajstić information content (AvgIpc) is 2.69. The van der Waals surface area contributed by atoms with Gasteiger partial charge < -0.3 is 20.0 Å². The van der Waals surface area contributed by atoms with Crippen LogP contribution in [0.15, 0.2) is 29.3 Å². The zero-order valence-electron chi connectivity index (χ0n) is 17.7. The Balaban J connectivity index is 0.00000392. The lowest BCUT2D eigenvalue weighted by Gasteiger charge is -2.33. The molecule has 1 N–H and O–H groups in total. The quantitative estimate of drug-likeness (QED) is 0.232. The first kappa shape index (κ1) is 25.5. The fourth-order valence-electron chi connectivity index (χ4n) is 3.37. The number of piperazine rings is 1. The van der Waals surface area contributed by atoms with Crippen molar-refractivity contribution in [2.24, 2.45) is 4.99 Å². The van der Waals surface area contributed by atoms with Gasteiger partial charge in [0.05, 0.1) is 0 Å². The molecule has 1 saturated heterocycles. The number of nitrogens with one attached hydrogen (secondary N) is 1. The Hall–Kier alpha value is -0.570. The zero-order valence-corrected chi connectivity index (χ0v) is 20.7. The summed E-state index contributed by atoms with van der Waals surface area (Å²) < 4.78 is 0. The minimum absolute atomic E-state index is 0. The fourth-order valence-corrected chi connectivity index (χ4v) is 3.50. The van der Waals surface area contributed by atoms with E-state index in [-0.39, 0.29) is 24.0 Å². The van der Waals surface area contributed by atoms with Gasteiger partial charge in [-0.3, -0.25) is 4.99 Å². The molecule has 1 fully saturated rings. The molecule has 1 aromatic rings. The highest BCUT2D eigenvalue weighted by Gasteiger charge is 2.14. The van der Waals surface area contributed by atoms with Crippen molar-refractivity contribution in [3.8, 4) is 0 Å². The fraction of sp³-hybridized carbons (Fsp3) is 0.667. The molecule has 160 valence electrons. The molecule has 0 aromatic heterocycles. The second kappa shape index (κ2) is 14.4. The predicted octanol–water partition coefficient (Wildman–Crippen LogP) is 3.77. The molecule has 0 saturated carbocycles. The van der Waals surface area contributed by atoms with E-state index in [0.717, 1.165) is 37.0 Å². The van der Waals surface area contributed by atoms with Gasteiger partial charge in [-0.05, 0) is 50.6 Å². The van der Waals surface area contributed by atoms with Crippen molar-refractivity contribution in [1.29, 1.82) is 0 Å². The topological polar surface area (TPSA) is 34.1 Å². The molecule has 0 atom stereocenters. The van der Waals surface area contributed by atoms with Crippen LogP contribution >= 0.6 is 35.6 Å². The second-order valence-electron chi connectivity index (χ2n) is 7.20. The van der Waals surface area contributed by atoms with Crippen LogP contribution in [0.2, 0.25) is 5.02 Å². The molecule has 28 heavy (non-hydrogen) atoms. The van der Waals surface area contributed by atoms with Crippen LogP contribution in [0.4, 0.5) is 0 Å². The van der Waals surface area contributed by atoms with Crippen molar-refractivity contribution in [1.82, 2.24) is 20.0 Å². The van der Waals surface area contributed by atoms with Gasteiger partial charge in [-0.2, -0.15) is 0 Å². The number of aliphatic imine (C=N–C) groups is 1. The summed E-state index contributed by atoms with van der Waals surface area (Å²) in [5.74, 6) is 0.976. The van der Waals surface area contributed by atoms with E-state index >= 15 is 0 Å². The van der Waals surface area contributed by atoms with Gasteiger partial charge in [-0.15, -0.1) is 24.0 Å². The van der Waals surface area contributed by atoms with E-state index in [9.17, 15) is 0 Å². The zero-order chi connectivity index (χ0) is 19.5. The van der Waals surface area contributed by atoms with Gasteiger partial charge in [0.15, 0.2) is 5.96 Å². The summed E-state index contributed by atoms with van der Waals surface area (Å²) in [6, 6.07) is 8.02. The molecular formula is C21H37ClIN5.